The average molecular weight is 267 g/mol. The molecule has 1 aromatic heterocycles. The van der Waals surface area contributed by atoms with Crippen LogP contribution in [0.15, 0.2) is 16.5 Å². The number of nitrogens with zero attached hydrogens (tertiary/aromatic N) is 2. The summed E-state index contributed by atoms with van der Waals surface area (Å²) >= 11 is 0. The van der Waals surface area contributed by atoms with Crippen LogP contribution in [0.1, 0.15) is 31.9 Å². The predicted octanol–water partition coefficient (Wildman–Crippen LogP) is 2.15. The van der Waals surface area contributed by atoms with Gasteiger partial charge in [-0.2, -0.15) is 0 Å². The summed E-state index contributed by atoms with van der Waals surface area (Å²) in [5, 5.41) is 14.0. The normalized spacial score (nSPS) is 16.9. The van der Waals surface area contributed by atoms with Crippen LogP contribution >= 0.6 is 0 Å². The van der Waals surface area contributed by atoms with Crippen molar-refractivity contribution in [3.05, 3.63) is 28.0 Å². The maximum Gasteiger partial charge on any atom is 0.433 e. The number of nitrogens with one attached hydrogen (secondary N) is 1. The molecular weight excluding hydrogens is 246 g/mol. The van der Waals surface area contributed by atoms with Gasteiger partial charge < -0.3 is 9.73 Å². The van der Waals surface area contributed by atoms with Gasteiger partial charge in [0.2, 0.25) is 0 Å². The SMILES string of the molecule is CCCN(Cc1ccc([N+](=O)[O-])o1)C1CCNCC1. The number of hydrogen-bond donors (Lipinski definition) is 1. The van der Waals surface area contributed by atoms with Crippen molar-refractivity contribution in [3.8, 4) is 0 Å². The quantitative estimate of drug-likeness (QED) is 0.631. The second-order valence-corrected chi connectivity index (χ2v) is 4.95. The monoisotopic (exact) mass is 267 g/mol. The van der Waals surface area contributed by atoms with Gasteiger partial charge in [-0.15, -0.1) is 0 Å². The molecule has 1 aliphatic rings. The van der Waals surface area contributed by atoms with Crippen LogP contribution in [-0.4, -0.2) is 35.5 Å². The maximum absolute atomic E-state index is 10.6. The van der Waals surface area contributed by atoms with Crippen LogP contribution in [0, 0.1) is 10.1 Å². The minimum absolute atomic E-state index is 0.170. The summed E-state index contributed by atoms with van der Waals surface area (Å²) < 4.78 is 5.26. The fraction of sp³-hybridized carbons (Fsp3) is 0.692. The minimum Gasteiger partial charge on any atom is -0.404 e. The molecule has 106 valence electrons. The Morgan fingerprint density at radius 1 is 1.47 bits per heavy atom. The molecule has 0 unspecified atom stereocenters. The lowest BCUT2D eigenvalue weighted by Gasteiger charge is -2.33. The molecule has 1 aromatic rings. The van der Waals surface area contributed by atoms with Crippen LogP contribution in [0.5, 0.6) is 0 Å². The molecule has 6 nitrogen and oxygen atoms in total. The van der Waals surface area contributed by atoms with Gasteiger partial charge in [0.05, 0.1) is 12.6 Å². The Balaban J connectivity index is 2.00. The third-order valence-corrected chi connectivity index (χ3v) is 3.52. The van der Waals surface area contributed by atoms with Crippen LogP contribution in [0.2, 0.25) is 0 Å². The van der Waals surface area contributed by atoms with Gasteiger partial charge in [-0.1, -0.05) is 6.92 Å². The van der Waals surface area contributed by atoms with Crippen molar-refractivity contribution < 1.29 is 9.34 Å². The third kappa shape index (κ3) is 3.78. The van der Waals surface area contributed by atoms with Crippen LogP contribution in [0.25, 0.3) is 0 Å². The van der Waals surface area contributed by atoms with E-state index in [0.717, 1.165) is 38.9 Å². The molecule has 2 rings (SSSR count). The summed E-state index contributed by atoms with van der Waals surface area (Å²) in [6.45, 7) is 5.90. The Labute approximate surface area is 112 Å². The van der Waals surface area contributed by atoms with Gasteiger partial charge in [-0.3, -0.25) is 15.0 Å². The predicted molar refractivity (Wildman–Crippen MR) is 72.0 cm³/mol. The number of rotatable bonds is 6. The van der Waals surface area contributed by atoms with Crippen LogP contribution in [-0.2, 0) is 6.54 Å². The van der Waals surface area contributed by atoms with E-state index >= 15 is 0 Å². The zero-order valence-corrected chi connectivity index (χ0v) is 11.3. The van der Waals surface area contributed by atoms with Crippen molar-refractivity contribution >= 4 is 5.88 Å². The lowest BCUT2D eigenvalue weighted by atomic mass is 10.0. The highest BCUT2D eigenvalue weighted by Crippen LogP contribution is 2.20. The minimum atomic E-state index is -0.488. The molecule has 6 heteroatoms. The van der Waals surface area contributed by atoms with E-state index in [1.807, 2.05) is 0 Å². The Morgan fingerprint density at radius 3 is 2.79 bits per heavy atom. The second-order valence-electron chi connectivity index (χ2n) is 4.95. The molecule has 0 aromatic carbocycles. The van der Waals surface area contributed by atoms with Crippen molar-refractivity contribution in [2.75, 3.05) is 19.6 Å². The zero-order chi connectivity index (χ0) is 13.7. The number of piperidine rings is 1. The first-order chi connectivity index (χ1) is 9.20. The van der Waals surface area contributed by atoms with E-state index in [0.29, 0.717) is 18.3 Å². The molecular formula is C13H21N3O3. The summed E-state index contributed by atoms with van der Waals surface area (Å²) in [5.41, 5.74) is 0. The fourth-order valence-corrected chi connectivity index (χ4v) is 2.60. The Kier molecular flexibility index (Phi) is 4.93. The maximum atomic E-state index is 10.6. The van der Waals surface area contributed by atoms with Gasteiger partial charge in [-0.05, 0) is 45.0 Å². The third-order valence-electron chi connectivity index (χ3n) is 3.52. The lowest BCUT2D eigenvalue weighted by Crippen LogP contribution is -2.43. The van der Waals surface area contributed by atoms with Gasteiger partial charge in [0.25, 0.3) is 0 Å². The fourth-order valence-electron chi connectivity index (χ4n) is 2.60. The molecule has 0 atom stereocenters. The molecule has 0 radical (unpaired) electrons. The lowest BCUT2D eigenvalue weighted by molar-refractivity contribution is -0.402. The zero-order valence-electron chi connectivity index (χ0n) is 11.3. The van der Waals surface area contributed by atoms with Crippen molar-refractivity contribution in [2.45, 2.75) is 38.8 Å². The van der Waals surface area contributed by atoms with E-state index in [2.05, 4.69) is 17.1 Å². The highest BCUT2D eigenvalue weighted by atomic mass is 16.6. The van der Waals surface area contributed by atoms with Gasteiger partial charge in [0.15, 0.2) is 0 Å². The van der Waals surface area contributed by atoms with Crippen molar-refractivity contribution in [1.29, 1.82) is 0 Å². The molecule has 1 saturated heterocycles. The van der Waals surface area contributed by atoms with E-state index < -0.39 is 4.92 Å². The first-order valence-corrected chi connectivity index (χ1v) is 6.88. The summed E-state index contributed by atoms with van der Waals surface area (Å²) in [6.07, 6.45) is 3.33. The average Bonchev–Trinajstić information content (AvgIpc) is 2.88. The Morgan fingerprint density at radius 2 is 2.21 bits per heavy atom. The first-order valence-electron chi connectivity index (χ1n) is 6.88. The molecule has 1 aliphatic heterocycles. The molecule has 1 N–H and O–H groups in total. The standard InChI is InChI=1S/C13H21N3O3/c1-2-9-15(11-5-7-14-8-6-11)10-12-3-4-13(19-12)16(17)18/h3-4,11,14H,2,5-10H2,1H3. The smallest absolute Gasteiger partial charge is 0.404 e. The Bertz CT molecular complexity index is 413. The molecule has 0 saturated carbocycles. The highest BCUT2D eigenvalue weighted by Gasteiger charge is 2.22. The molecule has 2 heterocycles. The number of furan rings is 1. The molecule has 1 fully saturated rings. The first kappa shape index (κ1) is 14.0. The largest absolute Gasteiger partial charge is 0.433 e. The summed E-state index contributed by atoms with van der Waals surface area (Å²) in [7, 11) is 0. The molecule has 0 aliphatic carbocycles. The van der Waals surface area contributed by atoms with Gasteiger partial charge >= 0.3 is 5.88 Å². The van der Waals surface area contributed by atoms with E-state index in [9.17, 15) is 10.1 Å². The molecule has 0 bridgehead atoms. The van der Waals surface area contributed by atoms with Crippen molar-refractivity contribution in [2.24, 2.45) is 0 Å². The highest BCUT2D eigenvalue weighted by molar-refractivity contribution is 5.17. The van der Waals surface area contributed by atoms with E-state index in [-0.39, 0.29) is 5.88 Å². The van der Waals surface area contributed by atoms with Crippen LogP contribution in [0.3, 0.4) is 0 Å². The number of nitro groups is 1. The van der Waals surface area contributed by atoms with Gasteiger partial charge in [-0.25, -0.2) is 0 Å². The molecule has 19 heavy (non-hydrogen) atoms. The van der Waals surface area contributed by atoms with E-state index in [4.69, 9.17) is 4.42 Å². The van der Waals surface area contributed by atoms with Crippen LogP contribution in [0.4, 0.5) is 5.88 Å². The molecule has 0 spiro atoms. The van der Waals surface area contributed by atoms with Crippen molar-refractivity contribution in [3.63, 3.8) is 0 Å². The summed E-state index contributed by atoms with van der Waals surface area (Å²) in [5.74, 6) is 0.510. The second kappa shape index (κ2) is 6.68. The van der Waals surface area contributed by atoms with Gasteiger partial charge in [0.1, 0.15) is 10.7 Å². The molecule has 0 amide bonds. The Hall–Kier alpha value is -1.40. The van der Waals surface area contributed by atoms with Crippen LogP contribution < -0.4 is 5.32 Å². The number of hydrogen-bond acceptors (Lipinski definition) is 5. The summed E-state index contributed by atoms with van der Waals surface area (Å²) in [4.78, 5) is 12.5. The summed E-state index contributed by atoms with van der Waals surface area (Å²) in [6, 6.07) is 3.69. The van der Waals surface area contributed by atoms with Gasteiger partial charge in [0, 0.05) is 6.04 Å². The van der Waals surface area contributed by atoms with E-state index in [1.165, 1.54) is 6.07 Å². The topological polar surface area (TPSA) is 71.5 Å². The van der Waals surface area contributed by atoms with Crippen molar-refractivity contribution in [1.82, 2.24) is 10.2 Å². The van der Waals surface area contributed by atoms with E-state index in [1.54, 1.807) is 6.07 Å².